The molecule has 3 aromatic carbocycles. The first kappa shape index (κ1) is 19.8. The van der Waals surface area contributed by atoms with Crippen molar-refractivity contribution in [3.05, 3.63) is 92.3 Å². The van der Waals surface area contributed by atoms with Crippen LogP contribution < -0.4 is 9.47 Å². The highest BCUT2D eigenvalue weighted by Gasteiger charge is 2.25. The van der Waals surface area contributed by atoms with Crippen LogP contribution >= 0.6 is 27.7 Å². The molecule has 0 spiro atoms. The third-order valence-corrected chi connectivity index (χ3v) is 6.45. The van der Waals surface area contributed by atoms with E-state index in [0.29, 0.717) is 23.0 Å². The Kier molecular flexibility index (Phi) is 5.79. The molecule has 1 aliphatic heterocycles. The molecule has 5 heteroatoms. The SMILES string of the molecule is COc1cc(/C=C2\Sc3ccccc3C2=O)c(Br)cc1OCc1ccc(C)cc1. The van der Waals surface area contributed by atoms with Crippen LogP contribution in [0.5, 0.6) is 11.5 Å². The lowest BCUT2D eigenvalue weighted by atomic mass is 10.1. The van der Waals surface area contributed by atoms with Crippen molar-refractivity contribution in [3.8, 4) is 11.5 Å². The molecule has 0 fully saturated rings. The predicted octanol–water partition coefficient (Wildman–Crippen LogP) is 6.67. The van der Waals surface area contributed by atoms with Gasteiger partial charge in [-0.3, -0.25) is 4.79 Å². The summed E-state index contributed by atoms with van der Waals surface area (Å²) >= 11 is 5.10. The van der Waals surface area contributed by atoms with Crippen LogP contribution in [0.25, 0.3) is 6.08 Å². The molecule has 0 amide bonds. The van der Waals surface area contributed by atoms with Crippen LogP contribution in [0.4, 0.5) is 0 Å². The number of halogens is 1. The van der Waals surface area contributed by atoms with Crippen LogP contribution in [0, 0.1) is 6.92 Å². The molecule has 3 aromatic rings. The summed E-state index contributed by atoms with van der Waals surface area (Å²) in [5, 5.41) is 0. The van der Waals surface area contributed by atoms with Gasteiger partial charge in [0.2, 0.25) is 5.78 Å². The standard InChI is InChI=1S/C24H19BrO3S/c1-15-7-9-16(10-8-15)14-28-21-13-19(25)17(11-20(21)27-2)12-23-24(26)18-5-3-4-6-22(18)29-23/h3-13H,14H2,1-2H3/b23-12-. The molecular weight excluding hydrogens is 448 g/mol. The van der Waals surface area contributed by atoms with Crippen LogP contribution in [0.2, 0.25) is 0 Å². The quantitative estimate of drug-likeness (QED) is 0.393. The van der Waals surface area contributed by atoms with Crippen LogP contribution in [-0.4, -0.2) is 12.9 Å². The van der Waals surface area contributed by atoms with Gasteiger partial charge < -0.3 is 9.47 Å². The summed E-state index contributed by atoms with van der Waals surface area (Å²) in [6, 6.07) is 19.7. The van der Waals surface area contributed by atoms with Crippen LogP contribution in [-0.2, 0) is 6.61 Å². The molecule has 0 bridgehead atoms. The summed E-state index contributed by atoms with van der Waals surface area (Å²) in [6.45, 7) is 2.51. The number of carbonyl (C=O) groups excluding carboxylic acids is 1. The Morgan fingerprint density at radius 3 is 2.52 bits per heavy atom. The number of thioether (sulfide) groups is 1. The Morgan fingerprint density at radius 1 is 1.03 bits per heavy atom. The lowest BCUT2D eigenvalue weighted by Crippen LogP contribution is -1.99. The lowest BCUT2D eigenvalue weighted by molar-refractivity contribution is 0.104. The minimum atomic E-state index is 0.0520. The zero-order valence-corrected chi connectivity index (χ0v) is 18.5. The topological polar surface area (TPSA) is 35.5 Å². The van der Waals surface area contributed by atoms with E-state index in [4.69, 9.17) is 9.47 Å². The van der Waals surface area contributed by atoms with Crippen LogP contribution in [0.15, 0.2) is 74.9 Å². The van der Waals surface area contributed by atoms with E-state index in [1.165, 1.54) is 17.3 Å². The molecule has 1 aliphatic rings. The van der Waals surface area contributed by atoms with Crippen molar-refractivity contribution < 1.29 is 14.3 Å². The van der Waals surface area contributed by atoms with E-state index in [2.05, 4.69) is 47.1 Å². The number of Topliss-reactive ketones (excluding diaryl/α,β-unsaturated/α-hetero) is 1. The van der Waals surface area contributed by atoms with Gasteiger partial charge in [-0.25, -0.2) is 0 Å². The first-order valence-electron chi connectivity index (χ1n) is 9.14. The maximum absolute atomic E-state index is 12.7. The molecule has 0 N–H and O–H groups in total. The van der Waals surface area contributed by atoms with Crippen LogP contribution in [0.1, 0.15) is 27.0 Å². The van der Waals surface area contributed by atoms with Gasteiger partial charge in [0.1, 0.15) is 6.61 Å². The van der Waals surface area contributed by atoms with Crippen molar-refractivity contribution in [2.45, 2.75) is 18.4 Å². The van der Waals surface area contributed by atoms with E-state index in [-0.39, 0.29) is 5.78 Å². The Hall–Kier alpha value is -2.50. The predicted molar refractivity (Wildman–Crippen MR) is 121 cm³/mol. The van der Waals surface area contributed by atoms with E-state index in [1.54, 1.807) is 7.11 Å². The fraction of sp³-hybridized carbons (Fsp3) is 0.125. The number of hydrogen-bond acceptors (Lipinski definition) is 4. The lowest BCUT2D eigenvalue weighted by Gasteiger charge is -2.13. The molecule has 0 unspecified atom stereocenters. The molecule has 0 saturated carbocycles. The van der Waals surface area contributed by atoms with Gasteiger partial charge in [0.05, 0.1) is 12.0 Å². The molecule has 0 radical (unpaired) electrons. The summed E-state index contributed by atoms with van der Waals surface area (Å²) in [5.41, 5.74) is 3.93. The maximum atomic E-state index is 12.7. The first-order valence-corrected chi connectivity index (χ1v) is 10.8. The van der Waals surface area contributed by atoms with Gasteiger partial charge in [0.25, 0.3) is 0 Å². The van der Waals surface area contributed by atoms with Crippen LogP contribution in [0.3, 0.4) is 0 Å². The Labute approximate surface area is 182 Å². The molecule has 3 nitrogen and oxygen atoms in total. The second kappa shape index (κ2) is 8.47. The Morgan fingerprint density at radius 2 is 1.79 bits per heavy atom. The highest BCUT2D eigenvalue weighted by molar-refractivity contribution is 9.10. The third-order valence-electron chi connectivity index (χ3n) is 4.66. The normalized spacial score (nSPS) is 14.2. The number of ether oxygens (including phenoxy) is 2. The summed E-state index contributed by atoms with van der Waals surface area (Å²) in [5.74, 6) is 1.33. The van der Waals surface area contributed by atoms with Gasteiger partial charge in [0, 0.05) is 14.9 Å². The van der Waals surface area contributed by atoms with Crippen molar-refractivity contribution in [2.75, 3.05) is 7.11 Å². The fourth-order valence-corrected chi connectivity index (χ4v) is 4.54. The number of fused-ring (bicyclic) bond motifs is 1. The number of ketones is 1. The number of methoxy groups -OCH3 is 1. The molecule has 1 heterocycles. The van der Waals surface area contributed by atoms with Crippen molar-refractivity contribution in [3.63, 3.8) is 0 Å². The van der Waals surface area contributed by atoms with Gasteiger partial charge in [0.15, 0.2) is 11.5 Å². The number of benzene rings is 3. The molecule has 29 heavy (non-hydrogen) atoms. The zero-order chi connectivity index (χ0) is 20.4. The monoisotopic (exact) mass is 466 g/mol. The maximum Gasteiger partial charge on any atom is 0.200 e. The summed E-state index contributed by atoms with van der Waals surface area (Å²) in [4.78, 5) is 14.3. The van der Waals surface area contributed by atoms with Crippen molar-refractivity contribution >= 4 is 39.6 Å². The molecule has 0 saturated heterocycles. The molecule has 0 atom stereocenters. The molecular formula is C24H19BrO3S. The molecule has 0 aromatic heterocycles. The highest BCUT2D eigenvalue weighted by Crippen LogP contribution is 2.42. The van der Waals surface area contributed by atoms with Gasteiger partial charge in [-0.2, -0.15) is 0 Å². The molecule has 0 aliphatic carbocycles. The number of rotatable bonds is 5. The average molecular weight is 467 g/mol. The summed E-state index contributed by atoms with van der Waals surface area (Å²) in [7, 11) is 1.62. The minimum Gasteiger partial charge on any atom is -0.493 e. The van der Waals surface area contributed by atoms with Crippen molar-refractivity contribution in [2.24, 2.45) is 0 Å². The van der Waals surface area contributed by atoms with E-state index >= 15 is 0 Å². The fourth-order valence-electron chi connectivity index (χ4n) is 3.06. The van der Waals surface area contributed by atoms with Gasteiger partial charge in [-0.1, -0.05) is 69.7 Å². The molecule has 146 valence electrons. The van der Waals surface area contributed by atoms with Gasteiger partial charge in [-0.15, -0.1) is 0 Å². The average Bonchev–Trinajstić information content (AvgIpc) is 3.05. The second-order valence-electron chi connectivity index (χ2n) is 6.73. The van der Waals surface area contributed by atoms with E-state index in [1.807, 2.05) is 42.5 Å². The Bertz CT molecular complexity index is 1100. The van der Waals surface area contributed by atoms with Gasteiger partial charge >= 0.3 is 0 Å². The van der Waals surface area contributed by atoms with E-state index in [9.17, 15) is 4.79 Å². The summed E-state index contributed by atoms with van der Waals surface area (Å²) in [6.07, 6.45) is 1.89. The highest BCUT2D eigenvalue weighted by atomic mass is 79.9. The van der Waals surface area contributed by atoms with E-state index < -0.39 is 0 Å². The largest absolute Gasteiger partial charge is 0.493 e. The van der Waals surface area contributed by atoms with Crippen molar-refractivity contribution in [1.29, 1.82) is 0 Å². The number of carbonyl (C=O) groups is 1. The number of allylic oxidation sites excluding steroid dienone is 1. The van der Waals surface area contributed by atoms with E-state index in [0.717, 1.165) is 26.1 Å². The number of aryl methyl sites for hydroxylation is 1. The van der Waals surface area contributed by atoms with Gasteiger partial charge in [-0.05, 0) is 48.4 Å². The second-order valence-corrected chi connectivity index (χ2v) is 8.67. The Balaban J connectivity index is 1.58. The zero-order valence-electron chi connectivity index (χ0n) is 16.1. The first-order chi connectivity index (χ1) is 14.0. The van der Waals surface area contributed by atoms with Crippen molar-refractivity contribution in [1.82, 2.24) is 0 Å². The number of hydrogen-bond donors (Lipinski definition) is 0. The summed E-state index contributed by atoms with van der Waals surface area (Å²) < 4.78 is 12.4. The molecule has 4 rings (SSSR count). The smallest absolute Gasteiger partial charge is 0.200 e. The third kappa shape index (κ3) is 4.26. The minimum absolute atomic E-state index is 0.0520.